The lowest BCUT2D eigenvalue weighted by atomic mass is 10.2. The van der Waals surface area contributed by atoms with Crippen LogP contribution in [0.1, 0.15) is 0 Å². The Hall–Kier alpha value is -1.57. The van der Waals surface area contributed by atoms with Crippen LogP contribution in [0.3, 0.4) is 0 Å². The zero-order valence-electron chi connectivity index (χ0n) is 6.08. The monoisotopic (exact) mass is 147 g/mol. The van der Waals surface area contributed by atoms with Gasteiger partial charge in [0, 0.05) is 6.20 Å². The van der Waals surface area contributed by atoms with Gasteiger partial charge in [-0.2, -0.15) is 0 Å². The molecular formula is C9H9NO. The first-order valence-corrected chi connectivity index (χ1v) is 3.28. The molecule has 0 aliphatic rings. The van der Waals surface area contributed by atoms with Crippen LogP contribution in [0, 0.1) is 0 Å². The normalized spacial score (nSPS) is 11.1. The van der Waals surface area contributed by atoms with Crippen LogP contribution in [0.25, 0.3) is 12.8 Å². The molecule has 2 heteroatoms. The molecule has 0 unspecified atom stereocenters. The molecule has 1 amide bonds. The molecule has 1 rings (SSSR count). The van der Waals surface area contributed by atoms with Crippen molar-refractivity contribution in [1.82, 2.24) is 5.32 Å². The number of carbonyl (C=O) groups excluding carboxylic acids is 1. The van der Waals surface area contributed by atoms with Crippen LogP contribution in [0.4, 0.5) is 0 Å². The highest BCUT2D eigenvalue weighted by atomic mass is 16.1. The molecular weight excluding hydrogens is 138 g/mol. The summed E-state index contributed by atoms with van der Waals surface area (Å²) in [7, 11) is 0. The molecule has 11 heavy (non-hydrogen) atoms. The summed E-state index contributed by atoms with van der Waals surface area (Å²) in [5.74, 6) is 0. The third-order valence-electron chi connectivity index (χ3n) is 1.36. The van der Waals surface area contributed by atoms with Gasteiger partial charge in [-0.15, -0.1) is 0 Å². The molecule has 0 aromatic heterocycles. The van der Waals surface area contributed by atoms with Gasteiger partial charge in [0.2, 0.25) is 6.41 Å². The molecule has 56 valence electrons. The average Bonchev–Trinajstić information content (AvgIpc) is 2.03. The number of nitrogens with one attached hydrogen (secondary N) is 1. The quantitative estimate of drug-likeness (QED) is 0.566. The molecule has 1 N–H and O–H groups in total. The Balaban J connectivity index is 3.13. The Morgan fingerprint density at radius 1 is 1.36 bits per heavy atom. The second-order valence-corrected chi connectivity index (χ2v) is 2.13. The fraction of sp³-hybridized carbons (Fsp3) is 0. The molecule has 0 aliphatic carbocycles. The van der Waals surface area contributed by atoms with Crippen LogP contribution < -0.4 is 15.8 Å². The number of carbonyl (C=O) groups is 1. The maximum atomic E-state index is 9.93. The van der Waals surface area contributed by atoms with Crippen molar-refractivity contribution in [3.8, 4) is 0 Å². The minimum absolute atomic E-state index is 0.631. The van der Waals surface area contributed by atoms with Gasteiger partial charge in [0.05, 0.1) is 0 Å². The molecule has 1 aromatic rings. The Morgan fingerprint density at radius 3 is 2.73 bits per heavy atom. The standard InChI is InChI=1S/C9H9NO/c1-8-4-2-3-5-9(8)6-10-7-11/h2-7H,1H2,(H,10,11)/b9-6-. The lowest BCUT2D eigenvalue weighted by Gasteiger charge is -1.87. The molecule has 0 fully saturated rings. The van der Waals surface area contributed by atoms with Crippen molar-refractivity contribution < 1.29 is 4.79 Å². The Kier molecular flexibility index (Phi) is 2.44. The van der Waals surface area contributed by atoms with E-state index in [0.717, 1.165) is 10.4 Å². The lowest BCUT2D eigenvalue weighted by molar-refractivity contribution is -0.108. The Labute approximate surface area is 64.9 Å². The minimum atomic E-state index is 0.631. The third-order valence-corrected chi connectivity index (χ3v) is 1.36. The van der Waals surface area contributed by atoms with Gasteiger partial charge in [0.15, 0.2) is 0 Å². The summed E-state index contributed by atoms with van der Waals surface area (Å²) >= 11 is 0. The van der Waals surface area contributed by atoms with E-state index < -0.39 is 0 Å². The SMILES string of the molecule is C=c1cccc/c1=C/NC=O. The van der Waals surface area contributed by atoms with E-state index >= 15 is 0 Å². The first-order chi connectivity index (χ1) is 5.34. The van der Waals surface area contributed by atoms with E-state index in [0.29, 0.717) is 6.41 Å². The van der Waals surface area contributed by atoms with Crippen LogP contribution in [0.15, 0.2) is 24.3 Å². The van der Waals surface area contributed by atoms with Gasteiger partial charge in [-0.05, 0) is 10.4 Å². The highest BCUT2D eigenvalue weighted by molar-refractivity contribution is 5.54. The van der Waals surface area contributed by atoms with Gasteiger partial charge in [0.1, 0.15) is 0 Å². The molecule has 2 nitrogen and oxygen atoms in total. The van der Waals surface area contributed by atoms with Crippen molar-refractivity contribution in [2.45, 2.75) is 0 Å². The highest BCUT2D eigenvalue weighted by Crippen LogP contribution is 1.68. The highest BCUT2D eigenvalue weighted by Gasteiger charge is 1.77. The maximum absolute atomic E-state index is 9.93. The molecule has 0 aliphatic heterocycles. The van der Waals surface area contributed by atoms with Crippen molar-refractivity contribution in [1.29, 1.82) is 0 Å². The van der Waals surface area contributed by atoms with Crippen LogP contribution in [0.2, 0.25) is 0 Å². The van der Waals surface area contributed by atoms with Gasteiger partial charge >= 0.3 is 0 Å². The van der Waals surface area contributed by atoms with Crippen LogP contribution >= 0.6 is 0 Å². The lowest BCUT2D eigenvalue weighted by Crippen LogP contribution is -2.24. The predicted molar refractivity (Wildman–Crippen MR) is 44.9 cm³/mol. The molecule has 0 bridgehead atoms. The van der Waals surface area contributed by atoms with Crippen molar-refractivity contribution >= 4 is 19.2 Å². The molecule has 0 saturated heterocycles. The van der Waals surface area contributed by atoms with Crippen molar-refractivity contribution in [2.24, 2.45) is 0 Å². The van der Waals surface area contributed by atoms with Gasteiger partial charge in [0.25, 0.3) is 0 Å². The number of benzene rings is 1. The van der Waals surface area contributed by atoms with E-state index in [1.54, 1.807) is 6.20 Å². The largest absolute Gasteiger partial charge is 0.335 e. The second-order valence-electron chi connectivity index (χ2n) is 2.13. The third kappa shape index (κ3) is 1.93. The number of hydrogen-bond acceptors (Lipinski definition) is 1. The average molecular weight is 147 g/mol. The fourth-order valence-electron chi connectivity index (χ4n) is 0.799. The van der Waals surface area contributed by atoms with E-state index in [-0.39, 0.29) is 0 Å². The summed E-state index contributed by atoms with van der Waals surface area (Å²) in [5, 5.41) is 4.29. The van der Waals surface area contributed by atoms with Gasteiger partial charge < -0.3 is 5.32 Å². The molecule has 1 aromatic carbocycles. The van der Waals surface area contributed by atoms with Gasteiger partial charge in [-0.25, -0.2) is 0 Å². The van der Waals surface area contributed by atoms with Crippen molar-refractivity contribution in [2.75, 3.05) is 0 Å². The number of amides is 1. The predicted octanol–water partition coefficient (Wildman–Crippen LogP) is -0.419. The summed E-state index contributed by atoms with van der Waals surface area (Å²) in [6, 6.07) is 7.57. The number of hydrogen-bond donors (Lipinski definition) is 1. The van der Waals surface area contributed by atoms with Crippen molar-refractivity contribution in [3.63, 3.8) is 0 Å². The second kappa shape index (κ2) is 3.56. The molecule has 0 heterocycles. The van der Waals surface area contributed by atoms with Gasteiger partial charge in [-0.3, -0.25) is 4.79 Å². The Bertz CT molecular complexity index is 343. The summed E-state index contributed by atoms with van der Waals surface area (Å²) in [6.07, 6.45) is 2.25. The topological polar surface area (TPSA) is 29.1 Å². The summed E-state index contributed by atoms with van der Waals surface area (Å²) < 4.78 is 0. The summed E-state index contributed by atoms with van der Waals surface area (Å²) in [4.78, 5) is 9.93. The van der Waals surface area contributed by atoms with E-state index in [1.807, 2.05) is 24.3 Å². The zero-order valence-corrected chi connectivity index (χ0v) is 6.08. The molecule has 0 saturated carbocycles. The smallest absolute Gasteiger partial charge is 0.211 e. The first kappa shape index (κ1) is 7.54. The number of rotatable bonds is 2. The fourth-order valence-corrected chi connectivity index (χ4v) is 0.799. The van der Waals surface area contributed by atoms with E-state index in [2.05, 4.69) is 11.9 Å². The van der Waals surface area contributed by atoms with Crippen LogP contribution in [-0.4, -0.2) is 6.41 Å². The van der Waals surface area contributed by atoms with Crippen LogP contribution in [-0.2, 0) is 4.79 Å². The van der Waals surface area contributed by atoms with E-state index in [9.17, 15) is 4.79 Å². The molecule has 0 radical (unpaired) electrons. The van der Waals surface area contributed by atoms with E-state index in [4.69, 9.17) is 0 Å². The van der Waals surface area contributed by atoms with Crippen molar-refractivity contribution in [3.05, 3.63) is 34.7 Å². The molecule has 0 atom stereocenters. The van der Waals surface area contributed by atoms with Crippen LogP contribution in [0.5, 0.6) is 0 Å². The maximum Gasteiger partial charge on any atom is 0.211 e. The van der Waals surface area contributed by atoms with Gasteiger partial charge in [-0.1, -0.05) is 30.8 Å². The molecule has 0 spiro atoms. The zero-order chi connectivity index (χ0) is 8.10. The van der Waals surface area contributed by atoms with E-state index in [1.165, 1.54) is 0 Å². The Morgan fingerprint density at radius 2 is 2.09 bits per heavy atom. The minimum Gasteiger partial charge on any atom is -0.335 e. The summed E-state index contributed by atoms with van der Waals surface area (Å²) in [6.45, 7) is 3.79. The summed E-state index contributed by atoms with van der Waals surface area (Å²) in [5.41, 5.74) is 0. The first-order valence-electron chi connectivity index (χ1n) is 3.28.